The van der Waals surface area contributed by atoms with Crippen molar-refractivity contribution in [2.75, 3.05) is 13.7 Å². The Bertz CT molecular complexity index is 589. The number of halogens is 2. The quantitative estimate of drug-likeness (QED) is 0.540. The van der Waals surface area contributed by atoms with Crippen molar-refractivity contribution in [1.29, 1.82) is 0 Å². The molecule has 5 heteroatoms. The first-order valence-electron chi connectivity index (χ1n) is 8.00. The van der Waals surface area contributed by atoms with Crippen molar-refractivity contribution in [2.45, 2.75) is 37.3 Å². The third-order valence-electron chi connectivity index (χ3n) is 5.24. The third kappa shape index (κ3) is 3.31. The summed E-state index contributed by atoms with van der Waals surface area (Å²) in [6, 6.07) is 7.30. The van der Waals surface area contributed by atoms with Crippen LogP contribution in [0.25, 0.3) is 0 Å². The van der Waals surface area contributed by atoms with Gasteiger partial charge in [-0.1, -0.05) is 40.8 Å². The van der Waals surface area contributed by atoms with Gasteiger partial charge in [0.25, 0.3) is 0 Å². The molecule has 124 valence electrons. The number of hydrogen-bond donors (Lipinski definition) is 0. The minimum Gasteiger partial charge on any atom is -0.469 e. The Hall–Kier alpha value is -0.950. The highest BCUT2D eigenvalue weighted by molar-refractivity contribution is 14.1. The summed E-state index contributed by atoms with van der Waals surface area (Å²) in [5.41, 5.74) is 1.04. The normalized spacial score (nSPS) is 30.7. The summed E-state index contributed by atoms with van der Waals surface area (Å²) < 4.78 is 20.4. The average molecular weight is 427 g/mol. The van der Waals surface area contributed by atoms with Gasteiger partial charge in [0.15, 0.2) is 0 Å². The Balaban J connectivity index is 1.91. The van der Waals surface area contributed by atoms with E-state index in [9.17, 15) is 9.18 Å². The van der Waals surface area contributed by atoms with Crippen LogP contribution < -0.4 is 0 Å². The number of piperidine rings is 1. The van der Waals surface area contributed by atoms with Gasteiger partial charge >= 0.3 is 5.97 Å². The Labute approximate surface area is 150 Å². The number of nitrogens with zero attached hydrogens (tertiary/aromatic N) is 1. The summed E-state index contributed by atoms with van der Waals surface area (Å²) in [5, 5.41) is 0. The fourth-order valence-electron chi connectivity index (χ4n) is 4.27. The van der Waals surface area contributed by atoms with Gasteiger partial charge in [0, 0.05) is 24.5 Å². The molecule has 2 aliphatic heterocycles. The van der Waals surface area contributed by atoms with Gasteiger partial charge in [-0.25, -0.2) is 4.39 Å². The fourth-order valence-corrected chi connectivity index (χ4v) is 4.50. The van der Waals surface area contributed by atoms with Crippen LogP contribution in [0.5, 0.6) is 0 Å². The zero-order valence-corrected chi connectivity index (χ0v) is 15.3. The molecule has 2 heterocycles. The van der Waals surface area contributed by atoms with E-state index in [0.717, 1.165) is 31.4 Å². The maximum absolute atomic E-state index is 13.2. The third-order valence-corrected chi connectivity index (χ3v) is 5.75. The van der Waals surface area contributed by atoms with Gasteiger partial charge in [-0.05, 0) is 41.0 Å². The lowest BCUT2D eigenvalue weighted by atomic mass is 9.76. The van der Waals surface area contributed by atoms with Crippen molar-refractivity contribution in [3.63, 3.8) is 0 Å². The van der Waals surface area contributed by atoms with E-state index < -0.39 is 0 Å². The van der Waals surface area contributed by atoms with Crippen LogP contribution in [-0.2, 0) is 9.53 Å². The van der Waals surface area contributed by atoms with Crippen molar-refractivity contribution in [3.8, 4) is 0 Å². The molecule has 2 bridgehead atoms. The average Bonchev–Trinajstić information content (AvgIpc) is 2.84. The number of esters is 1. The Kier molecular flexibility index (Phi) is 5.36. The van der Waals surface area contributed by atoms with E-state index in [-0.39, 0.29) is 29.7 Å². The fraction of sp³-hybridized carbons (Fsp3) is 0.500. The molecule has 2 aliphatic rings. The monoisotopic (exact) mass is 427 g/mol. The first kappa shape index (κ1) is 16.9. The first-order valence-corrected chi connectivity index (χ1v) is 9.24. The lowest BCUT2D eigenvalue weighted by Gasteiger charge is -2.43. The number of benzene rings is 1. The molecule has 0 radical (unpaired) electrons. The summed E-state index contributed by atoms with van der Waals surface area (Å²) >= 11 is 2.23. The van der Waals surface area contributed by atoms with Crippen molar-refractivity contribution in [1.82, 2.24) is 4.90 Å². The van der Waals surface area contributed by atoms with E-state index in [0.29, 0.717) is 6.04 Å². The van der Waals surface area contributed by atoms with Crippen molar-refractivity contribution in [3.05, 3.63) is 45.8 Å². The number of carbonyl (C=O) groups excluding carboxylic acids is 1. The maximum Gasteiger partial charge on any atom is 0.310 e. The van der Waals surface area contributed by atoms with Crippen molar-refractivity contribution < 1.29 is 13.9 Å². The number of methoxy groups -OCH3 is 1. The molecule has 0 unspecified atom stereocenters. The maximum atomic E-state index is 13.2. The lowest BCUT2D eigenvalue weighted by Crippen LogP contribution is -2.50. The second-order valence-electron chi connectivity index (χ2n) is 6.30. The molecule has 1 aromatic rings. The highest BCUT2D eigenvalue weighted by Crippen LogP contribution is 2.47. The molecule has 0 aromatic heterocycles. The second kappa shape index (κ2) is 7.30. The van der Waals surface area contributed by atoms with E-state index in [4.69, 9.17) is 4.74 Å². The second-order valence-corrected chi connectivity index (χ2v) is 7.02. The molecule has 0 aliphatic carbocycles. The predicted octanol–water partition coefficient (Wildman–Crippen LogP) is 3.88. The van der Waals surface area contributed by atoms with Crippen LogP contribution in [0, 0.1) is 11.7 Å². The van der Waals surface area contributed by atoms with Gasteiger partial charge in [-0.2, -0.15) is 0 Å². The summed E-state index contributed by atoms with van der Waals surface area (Å²) in [6.07, 6.45) is 5.21. The molecule has 4 atom stereocenters. The van der Waals surface area contributed by atoms with Crippen LogP contribution in [0.2, 0.25) is 0 Å². The smallest absolute Gasteiger partial charge is 0.310 e. The van der Waals surface area contributed by atoms with Crippen LogP contribution >= 0.6 is 22.6 Å². The topological polar surface area (TPSA) is 29.5 Å². The largest absolute Gasteiger partial charge is 0.469 e. The van der Waals surface area contributed by atoms with Crippen molar-refractivity contribution in [2.24, 2.45) is 5.92 Å². The van der Waals surface area contributed by atoms with Crippen LogP contribution in [0.4, 0.5) is 4.39 Å². The highest BCUT2D eigenvalue weighted by Gasteiger charge is 2.50. The molecule has 2 saturated heterocycles. The van der Waals surface area contributed by atoms with Crippen molar-refractivity contribution >= 4 is 28.6 Å². The molecule has 3 rings (SSSR count). The lowest BCUT2D eigenvalue weighted by molar-refractivity contribution is -0.150. The molecule has 0 spiro atoms. The minimum absolute atomic E-state index is 0.111. The van der Waals surface area contributed by atoms with E-state index in [1.165, 1.54) is 19.2 Å². The molecule has 2 fully saturated rings. The standard InChI is InChI=1S/C18H21FINO2/c1-23-18(22)17-15(12-3-5-13(19)6-4-12)11-14-7-8-16(17)21(14)10-2-9-20/h2-6,9,14-17H,7-8,10-11H2,1H3/b9-2+/t14-,15+,16+,17-/m0/s1/i20-2. The van der Waals surface area contributed by atoms with Crippen LogP contribution in [0.15, 0.2) is 34.4 Å². The zero-order valence-electron chi connectivity index (χ0n) is 13.1. The Morgan fingerprint density at radius 3 is 2.78 bits per heavy atom. The summed E-state index contributed by atoms with van der Waals surface area (Å²) in [4.78, 5) is 14.9. The number of fused-ring (bicyclic) bond motifs is 2. The molecular formula is C18H21FINO2. The van der Waals surface area contributed by atoms with Gasteiger partial charge in [-0.15, -0.1) is 0 Å². The molecular weight excluding hydrogens is 406 g/mol. The van der Waals surface area contributed by atoms with Crippen LogP contribution in [-0.4, -0.2) is 36.6 Å². The SMILES string of the molecule is COC(=O)[C@H]1[C@@H](c2ccc(F)cc2)C[C@@H]2CC[C@H]1N2C/C=C/[125I]. The number of ether oxygens (including phenoxy) is 1. The molecule has 0 amide bonds. The first-order chi connectivity index (χ1) is 11.2. The van der Waals surface area contributed by atoms with E-state index in [1.807, 2.05) is 16.2 Å². The van der Waals surface area contributed by atoms with Crippen LogP contribution in [0.1, 0.15) is 30.7 Å². The van der Waals surface area contributed by atoms with Gasteiger partial charge in [0.1, 0.15) is 5.82 Å². The molecule has 1 aromatic carbocycles. The number of carbonyl (C=O) groups is 1. The summed E-state index contributed by atoms with van der Waals surface area (Å²) in [5.74, 6) is -0.448. The molecule has 23 heavy (non-hydrogen) atoms. The number of rotatable bonds is 4. The molecule has 0 N–H and O–H groups in total. The van der Waals surface area contributed by atoms with E-state index in [2.05, 4.69) is 33.6 Å². The minimum atomic E-state index is -0.240. The summed E-state index contributed by atoms with van der Waals surface area (Å²) in [6.45, 7) is 0.877. The van der Waals surface area contributed by atoms with Crippen LogP contribution in [0.3, 0.4) is 0 Å². The Morgan fingerprint density at radius 2 is 2.13 bits per heavy atom. The highest BCUT2D eigenvalue weighted by atomic mass is 125. The van der Waals surface area contributed by atoms with Gasteiger partial charge in [0.05, 0.1) is 13.0 Å². The molecule has 0 saturated carbocycles. The zero-order chi connectivity index (χ0) is 16.4. The molecule has 3 nitrogen and oxygen atoms in total. The number of hydrogen-bond acceptors (Lipinski definition) is 3. The van der Waals surface area contributed by atoms with E-state index in [1.54, 1.807) is 0 Å². The van der Waals surface area contributed by atoms with Gasteiger partial charge in [-0.3, -0.25) is 9.69 Å². The van der Waals surface area contributed by atoms with Gasteiger partial charge in [0.2, 0.25) is 0 Å². The predicted molar refractivity (Wildman–Crippen MR) is 95.9 cm³/mol. The Morgan fingerprint density at radius 1 is 1.39 bits per heavy atom. The van der Waals surface area contributed by atoms with E-state index >= 15 is 0 Å². The summed E-state index contributed by atoms with van der Waals surface area (Å²) in [7, 11) is 1.46. The van der Waals surface area contributed by atoms with Gasteiger partial charge < -0.3 is 4.74 Å².